The molecule has 0 spiro atoms. The average molecular weight is 535 g/mol. The lowest BCUT2D eigenvalue weighted by Crippen LogP contribution is -2.40. The Labute approximate surface area is 215 Å². The van der Waals surface area contributed by atoms with Gasteiger partial charge in [-0.3, -0.25) is 0 Å². The predicted molar refractivity (Wildman–Crippen MR) is 136 cm³/mol. The van der Waals surface area contributed by atoms with Gasteiger partial charge >= 0.3 is 22.3 Å². The number of amides is 2. The molecular formula is C27H29F3N2O4S. The molecule has 0 saturated carbocycles. The van der Waals surface area contributed by atoms with Crippen LogP contribution in [0.1, 0.15) is 43.9 Å². The number of nitrogens with zero attached hydrogens (tertiary/aromatic N) is 1. The summed E-state index contributed by atoms with van der Waals surface area (Å²) in [5.41, 5.74) is 1.43. The van der Waals surface area contributed by atoms with Crippen LogP contribution < -0.4 is 9.50 Å². The van der Waals surface area contributed by atoms with Crippen LogP contribution in [0.15, 0.2) is 77.7 Å². The van der Waals surface area contributed by atoms with E-state index in [-0.39, 0.29) is 24.4 Å². The molecule has 37 heavy (non-hydrogen) atoms. The smallest absolute Gasteiger partial charge is 0.379 e. The molecular weight excluding hydrogens is 505 g/mol. The molecule has 1 unspecified atom stereocenters. The lowest BCUT2D eigenvalue weighted by atomic mass is 10.1. The standard InChI is InChI=1S/C27H29F3N2O4S/c1-4-19(3)32(26(33)31-23-10-6-8-20(5-2)16-23)18-21-12-14-24(15-13-21)36-37(34,35)25-11-7-9-22(17-25)27(28,29)30/h6-17,19H,4-5,18H2,1-3H3,(H,31,33). The van der Waals surface area contributed by atoms with Gasteiger partial charge in [-0.2, -0.15) is 21.6 Å². The molecule has 0 bridgehead atoms. The van der Waals surface area contributed by atoms with Gasteiger partial charge in [0.25, 0.3) is 0 Å². The van der Waals surface area contributed by atoms with Gasteiger partial charge in [0.05, 0.1) is 5.56 Å². The van der Waals surface area contributed by atoms with E-state index in [9.17, 15) is 26.4 Å². The highest BCUT2D eigenvalue weighted by Gasteiger charge is 2.32. The molecule has 0 fully saturated rings. The Morgan fingerprint density at radius 1 is 0.973 bits per heavy atom. The van der Waals surface area contributed by atoms with Crippen molar-refractivity contribution in [3.63, 3.8) is 0 Å². The molecule has 1 N–H and O–H groups in total. The molecule has 0 aliphatic carbocycles. The van der Waals surface area contributed by atoms with Crippen molar-refractivity contribution in [3.05, 3.63) is 89.5 Å². The largest absolute Gasteiger partial charge is 0.416 e. The minimum absolute atomic E-state index is 0.0583. The van der Waals surface area contributed by atoms with Crippen LogP contribution >= 0.6 is 0 Å². The summed E-state index contributed by atoms with van der Waals surface area (Å²) in [7, 11) is -4.48. The Hall–Kier alpha value is -3.53. The van der Waals surface area contributed by atoms with E-state index >= 15 is 0 Å². The second-order valence-corrected chi connectivity index (χ2v) is 10.1. The minimum Gasteiger partial charge on any atom is -0.379 e. The molecule has 0 radical (unpaired) electrons. The number of urea groups is 1. The van der Waals surface area contributed by atoms with Crippen molar-refractivity contribution < 1.29 is 30.6 Å². The van der Waals surface area contributed by atoms with Gasteiger partial charge in [-0.15, -0.1) is 0 Å². The van der Waals surface area contributed by atoms with E-state index in [1.54, 1.807) is 17.0 Å². The molecule has 0 heterocycles. The number of alkyl halides is 3. The summed E-state index contributed by atoms with van der Waals surface area (Å²) in [5, 5.41) is 2.93. The van der Waals surface area contributed by atoms with E-state index in [0.29, 0.717) is 11.8 Å². The fourth-order valence-electron chi connectivity index (χ4n) is 3.56. The molecule has 3 rings (SSSR count). The average Bonchev–Trinajstić information content (AvgIpc) is 2.87. The Morgan fingerprint density at radius 2 is 1.65 bits per heavy atom. The summed E-state index contributed by atoms with van der Waals surface area (Å²) >= 11 is 0. The van der Waals surface area contributed by atoms with Gasteiger partial charge in [0.2, 0.25) is 0 Å². The van der Waals surface area contributed by atoms with Crippen LogP contribution in [0.5, 0.6) is 5.75 Å². The maximum Gasteiger partial charge on any atom is 0.416 e. The van der Waals surface area contributed by atoms with Gasteiger partial charge in [-0.1, -0.05) is 44.2 Å². The van der Waals surface area contributed by atoms with Gasteiger partial charge < -0.3 is 14.4 Å². The number of nitrogens with one attached hydrogen (secondary N) is 1. The molecule has 3 aromatic carbocycles. The SMILES string of the molecule is CCc1cccc(NC(=O)N(Cc2ccc(OS(=O)(=O)c3cccc(C(F)(F)F)c3)cc2)C(C)CC)c1. The number of halogens is 3. The number of hydrogen-bond acceptors (Lipinski definition) is 4. The van der Waals surface area contributed by atoms with Gasteiger partial charge in [-0.05, 0) is 73.4 Å². The third-order valence-electron chi connectivity index (χ3n) is 5.90. The molecule has 0 saturated heterocycles. The summed E-state index contributed by atoms with van der Waals surface area (Å²) in [6.07, 6.45) is -3.12. The van der Waals surface area contributed by atoms with Crippen LogP contribution in [0.25, 0.3) is 0 Å². The van der Waals surface area contributed by atoms with Gasteiger partial charge in [0, 0.05) is 18.3 Å². The summed E-state index contributed by atoms with van der Waals surface area (Å²) in [6.45, 7) is 6.19. The van der Waals surface area contributed by atoms with Crippen LogP contribution in [0.4, 0.5) is 23.7 Å². The Bertz CT molecular complexity index is 1330. The lowest BCUT2D eigenvalue weighted by Gasteiger charge is -2.29. The molecule has 6 nitrogen and oxygen atoms in total. The van der Waals surface area contributed by atoms with Crippen molar-refractivity contribution in [1.29, 1.82) is 0 Å². The Morgan fingerprint density at radius 3 is 2.27 bits per heavy atom. The van der Waals surface area contributed by atoms with Gasteiger partial charge in [0.1, 0.15) is 10.6 Å². The number of carbonyl (C=O) groups is 1. The summed E-state index contributed by atoms with van der Waals surface area (Å²) in [5.74, 6) is -0.0583. The first-order valence-electron chi connectivity index (χ1n) is 11.8. The number of hydrogen-bond donors (Lipinski definition) is 1. The molecule has 0 aromatic heterocycles. The van der Waals surface area contributed by atoms with Crippen molar-refractivity contribution in [1.82, 2.24) is 4.90 Å². The van der Waals surface area contributed by atoms with Crippen LogP contribution in [0.3, 0.4) is 0 Å². The van der Waals surface area contributed by atoms with Crippen LogP contribution in [0, 0.1) is 0 Å². The zero-order chi connectivity index (χ0) is 27.2. The van der Waals surface area contributed by atoms with E-state index in [2.05, 4.69) is 5.32 Å². The number of anilines is 1. The van der Waals surface area contributed by atoms with Crippen molar-refractivity contribution in [2.45, 2.75) is 57.3 Å². The second kappa shape index (κ2) is 11.7. The quantitative estimate of drug-likeness (QED) is 0.304. The van der Waals surface area contributed by atoms with Gasteiger partial charge in [0.15, 0.2) is 0 Å². The first kappa shape index (κ1) is 28.0. The topological polar surface area (TPSA) is 75.7 Å². The van der Waals surface area contributed by atoms with E-state index in [1.165, 1.54) is 12.1 Å². The van der Waals surface area contributed by atoms with E-state index in [1.807, 2.05) is 45.0 Å². The second-order valence-electron chi connectivity index (χ2n) is 8.58. The third kappa shape index (κ3) is 7.48. The first-order valence-corrected chi connectivity index (χ1v) is 13.2. The van der Waals surface area contributed by atoms with E-state index in [4.69, 9.17) is 4.18 Å². The van der Waals surface area contributed by atoms with Crippen LogP contribution in [-0.4, -0.2) is 25.4 Å². The van der Waals surface area contributed by atoms with Gasteiger partial charge in [-0.25, -0.2) is 4.79 Å². The normalized spacial score (nSPS) is 12.6. The number of rotatable bonds is 9. The highest BCUT2D eigenvalue weighted by molar-refractivity contribution is 7.87. The maximum absolute atomic E-state index is 13.1. The van der Waals surface area contributed by atoms with E-state index in [0.717, 1.165) is 42.2 Å². The van der Waals surface area contributed by atoms with E-state index < -0.39 is 26.8 Å². The zero-order valence-corrected chi connectivity index (χ0v) is 21.6. The molecule has 198 valence electrons. The molecule has 10 heteroatoms. The van der Waals surface area contributed by atoms with Crippen LogP contribution in [0.2, 0.25) is 0 Å². The summed E-state index contributed by atoms with van der Waals surface area (Å²) in [4.78, 5) is 14.1. The summed E-state index contributed by atoms with van der Waals surface area (Å²) in [6, 6.07) is 16.6. The third-order valence-corrected chi connectivity index (χ3v) is 7.15. The fraction of sp³-hybridized carbons (Fsp3) is 0.296. The number of benzene rings is 3. The highest BCUT2D eigenvalue weighted by Crippen LogP contribution is 2.31. The lowest BCUT2D eigenvalue weighted by molar-refractivity contribution is -0.137. The zero-order valence-electron chi connectivity index (χ0n) is 20.7. The molecule has 1 atom stereocenters. The number of carbonyl (C=O) groups excluding carboxylic acids is 1. The maximum atomic E-state index is 13.1. The van der Waals surface area contributed by atoms with Crippen molar-refractivity contribution in [3.8, 4) is 5.75 Å². The first-order chi connectivity index (χ1) is 17.4. The minimum atomic E-state index is -4.68. The molecule has 0 aliphatic rings. The van der Waals surface area contributed by atoms with Crippen molar-refractivity contribution in [2.24, 2.45) is 0 Å². The molecule has 0 aliphatic heterocycles. The fourth-order valence-corrected chi connectivity index (χ4v) is 4.54. The number of aryl methyl sites for hydroxylation is 1. The Balaban J connectivity index is 1.73. The monoisotopic (exact) mass is 534 g/mol. The van der Waals surface area contributed by atoms with Crippen LogP contribution in [-0.2, 0) is 29.3 Å². The predicted octanol–water partition coefficient (Wildman–Crippen LogP) is 6.87. The summed E-state index contributed by atoms with van der Waals surface area (Å²) < 4.78 is 69.0. The Kier molecular flexibility index (Phi) is 8.85. The molecule has 2 amide bonds. The molecule has 3 aromatic rings. The van der Waals surface area contributed by atoms with Crippen molar-refractivity contribution >= 4 is 21.8 Å². The van der Waals surface area contributed by atoms with Crippen molar-refractivity contribution in [2.75, 3.05) is 5.32 Å². The highest BCUT2D eigenvalue weighted by atomic mass is 32.2.